The van der Waals surface area contributed by atoms with E-state index in [1.807, 2.05) is 12.1 Å². The maximum absolute atomic E-state index is 12.6. The van der Waals surface area contributed by atoms with E-state index in [0.29, 0.717) is 18.6 Å². The van der Waals surface area contributed by atoms with Gasteiger partial charge in [0.15, 0.2) is 12.4 Å². The maximum Gasteiger partial charge on any atom is 0.338 e. The van der Waals surface area contributed by atoms with Crippen molar-refractivity contribution >= 4 is 23.6 Å². The molecule has 7 nitrogen and oxygen atoms in total. The smallest absolute Gasteiger partial charge is 0.338 e. The highest BCUT2D eigenvalue weighted by Crippen LogP contribution is 2.25. The van der Waals surface area contributed by atoms with E-state index in [2.05, 4.69) is 0 Å². The van der Waals surface area contributed by atoms with Crippen LogP contribution in [0.25, 0.3) is 0 Å². The summed E-state index contributed by atoms with van der Waals surface area (Å²) in [4.78, 5) is 51.1. The van der Waals surface area contributed by atoms with E-state index < -0.39 is 11.9 Å². The predicted molar refractivity (Wildman–Crippen MR) is 111 cm³/mol. The Morgan fingerprint density at radius 2 is 1.68 bits per heavy atom. The molecule has 0 N–H and O–H groups in total. The third-order valence-corrected chi connectivity index (χ3v) is 5.69. The second-order valence-corrected chi connectivity index (χ2v) is 7.71. The zero-order valence-corrected chi connectivity index (χ0v) is 17.3. The lowest BCUT2D eigenvalue weighted by Crippen LogP contribution is -2.31. The van der Waals surface area contributed by atoms with E-state index >= 15 is 0 Å². The van der Waals surface area contributed by atoms with Gasteiger partial charge in [-0.05, 0) is 61.1 Å². The summed E-state index contributed by atoms with van der Waals surface area (Å²) < 4.78 is 10.1. The first-order chi connectivity index (χ1) is 15.0. The molecule has 160 valence electrons. The second kappa shape index (κ2) is 8.81. The Labute approximate surface area is 179 Å². The van der Waals surface area contributed by atoms with Crippen molar-refractivity contribution in [3.05, 3.63) is 69.8 Å². The van der Waals surface area contributed by atoms with E-state index in [4.69, 9.17) is 9.47 Å². The number of nitrogens with zero attached hydrogens (tertiary/aromatic N) is 1. The summed E-state index contributed by atoms with van der Waals surface area (Å²) in [6.45, 7) is 0.295. The lowest BCUT2D eigenvalue weighted by Gasteiger charge is -2.12. The number of imide groups is 1. The zero-order chi connectivity index (χ0) is 22.0. The van der Waals surface area contributed by atoms with E-state index in [1.54, 1.807) is 13.2 Å². The molecule has 0 fully saturated rings. The van der Waals surface area contributed by atoms with Gasteiger partial charge in [-0.3, -0.25) is 19.3 Å². The van der Waals surface area contributed by atoms with Crippen LogP contribution in [0.2, 0.25) is 0 Å². The minimum atomic E-state index is -0.713. The summed E-state index contributed by atoms with van der Waals surface area (Å²) in [7, 11) is 1.55. The number of benzene rings is 2. The fraction of sp³-hybridized carbons (Fsp3) is 0.333. The molecule has 0 radical (unpaired) electrons. The number of esters is 1. The minimum absolute atomic E-state index is 0.125. The molecule has 0 bridgehead atoms. The molecule has 1 aliphatic heterocycles. The van der Waals surface area contributed by atoms with Gasteiger partial charge in [0, 0.05) is 25.8 Å². The lowest BCUT2D eigenvalue weighted by atomic mass is 10.0. The van der Waals surface area contributed by atoms with Crippen molar-refractivity contribution in [2.45, 2.75) is 25.7 Å². The van der Waals surface area contributed by atoms with Crippen molar-refractivity contribution in [1.82, 2.24) is 4.90 Å². The molecule has 0 saturated heterocycles. The van der Waals surface area contributed by atoms with Crippen LogP contribution in [0.4, 0.5) is 0 Å². The molecule has 4 rings (SSSR count). The number of hydrogen-bond acceptors (Lipinski definition) is 6. The molecular weight excluding hydrogens is 398 g/mol. The van der Waals surface area contributed by atoms with Crippen LogP contribution in [-0.4, -0.2) is 55.3 Å². The SMILES string of the molecule is COCCCN1C(=O)c2ccc(C(=O)OCC(=O)c3ccc4c(c3)CCC4)cc2C1=O. The molecule has 1 heterocycles. The average molecular weight is 421 g/mol. The molecule has 0 spiro atoms. The topological polar surface area (TPSA) is 90.0 Å². The number of hydrogen-bond donors (Lipinski definition) is 0. The molecule has 31 heavy (non-hydrogen) atoms. The Hall–Kier alpha value is -3.32. The van der Waals surface area contributed by atoms with Gasteiger partial charge >= 0.3 is 5.97 Å². The summed E-state index contributed by atoms with van der Waals surface area (Å²) in [6, 6.07) is 9.83. The van der Waals surface area contributed by atoms with Gasteiger partial charge in [-0.15, -0.1) is 0 Å². The van der Waals surface area contributed by atoms with Crippen LogP contribution >= 0.6 is 0 Å². The van der Waals surface area contributed by atoms with Crippen molar-refractivity contribution in [3.8, 4) is 0 Å². The number of carbonyl (C=O) groups excluding carboxylic acids is 4. The fourth-order valence-electron chi connectivity index (χ4n) is 4.03. The van der Waals surface area contributed by atoms with Gasteiger partial charge in [-0.1, -0.05) is 12.1 Å². The standard InChI is InChI=1S/C24H23NO6/c1-30-11-3-10-25-22(27)19-9-8-18(13-20(19)23(25)28)24(29)31-14-21(26)17-7-6-15-4-2-5-16(15)12-17/h6-9,12-13H,2-5,10-11,14H2,1H3. The highest BCUT2D eigenvalue weighted by Gasteiger charge is 2.35. The number of Topliss-reactive ketones (excluding diaryl/α,β-unsaturated/α-hetero) is 1. The number of ether oxygens (including phenoxy) is 2. The fourth-order valence-corrected chi connectivity index (χ4v) is 4.03. The van der Waals surface area contributed by atoms with Crippen LogP contribution in [0.3, 0.4) is 0 Å². The Kier molecular flexibility index (Phi) is 5.95. The van der Waals surface area contributed by atoms with Gasteiger partial charge in [0.05, 0.1) is 16.7 Å². The molecule has 1 aliphatic carbocycles. The summed E-state index contributed by atoms with van der Waals surface area (Å²) in [6.07, 6.45) is 3.61. The number of methoxy groups -OCH3 is 1. The first-order valence-corrected chi connectivity index (χ1v) is 10.3. The van der Waals surface area contributed by atoms with Crippen LogP contribution in [0.5, 0.6) is 0 Å². The number of amides is 2. The number of fused-ring (bicyclic) bond motifs is 2. The van der Waals surface area contributed by atoms with E-state index in [-0.39, 0.29) is 41.5 Å². The highest BCUT2D eigenvalue weighted by molar-refractivity contribution is 6.22. The van der Waals surface area contributed by atoms with Crippen LogP contribution in [0.15, 0.2) is 36.4 Å². The summed E-state index contributed by atoms with van der Waals surface area (Å²) >= 11 is 0. The largest absolute Gasteiger partial charge is 0.454 e. The van der Waals surface area contributed by atoms with Crippen molar-refractivity contribution < 1.29 is 28.7 Å². The Balaban J connectivity index is 1.41. The molecule has 2 aromatic rings. The van der Waals surface area contributed by atoms with Gasteiger partial charge in [-0.25, -0.2) is 4.79 Å². The number of carbonyl (C=O) groups is 4. The van der Waals surface area contributed by atoms with Crippen LogP contribution in [-0.2, 0) is 22.3 Å². The quantitative estimate of drug-likeness (QED) is 0.282. The number of rotatable bonds is 8. The highest BCUT2D eigenvalue weighted by atomic mass is 16.5. The third-order valence-electron chi connectivity index (χ3n) is 5.69. The Bertz CT molecular complexity index is 1070. The van der Waals surface area contributed by atoms with Gasteiger partial charge in [-0.2, -0.15) is 0 Å². The number of aryl methyl sites for hydroxylation is 2. The van der Waals surface area contributed by atoms with Crippen LogP contribution < -0.4 is 0 Å². The monoisotopic (exact) mass is 421 g/mol. The molecule has 2 aliphatic rings. The molecule has 0 unspecified atom stereocenters. The van der Waals surface area contributed by atoms with E-state index in [1.165, 1.54) is 29.3 Å². The molecule has 0 atom stereocenters. The second-order valence-electron chi connectivity index (χ2n) is 7.71. The van der Waals surface area contributed by atoms with Crippen LogP contribution in [0.1, 0.15) is 65.4 Å². The van der Waals surface area contributed by atoms with Gasteiger partial charge in [0.25, 0.3) is 11.8 Å². The van der Waals surface area contributed by atoms with Crippen molar-refractivity contribution in [3.63, 3.8) is 0 Å². The molecule has 2 amide bonds. The first-order valence-electron chi connectivity index (χ1n) is 10.3. The number of ketones is 1. The average Bonchev–Trinajstić information content (AvgIpc) is 3.35. The summed E-state index contributed by atoms with van der Waals surface area (Å²) in [5.74, 6) is -1.82. The normalized spacial score (nSPS) is 14.5. The van der Waals surface area contributed by atoms with Gasteiger partial charge < -0.3 is 9.47 Å². The van der Waals surface area contributed by atoms with Gasteiger partial charge in [0.2, 0.25) is 0 Å². The zero-order valence-electron chi connectivity index (χ0n) is 17.3. The molecule has 0 aromatic heterocycles. The maximum atomic E-state index is 12.6. The Morgan fingerprint density at radius 1 is 0.935 bits per heavy atom. The molecule has 2 aromatic carbocycles. The van der Waals surface area contributed by atoms with E-state index in [0.717, 1.165) is 24.2 Å². The lowest BCUT2D eigenvalue weighted by molar-refractivity contribution is 0.0474. The third kappa shape index (κ3) is 4.14. The molecular formula is C24H23NO6. The predicted octanol–water partition coefficient (Wildman–Crippen LogP) is 2.85. The molecule has 7 heteroatoms. The first kappa shape index (κ1) is 20.9. The Morgan fingerprint density at radius 3 is 2.48 bits per heavy atom. The molecule has 0 saturated carbocycles. The summed E-state index contributed by atoms with van der Waals surface area (Å²) in [5.41, 5.74) is 3.52. The van der Waals surface area contributed by atoms with E-state index in [9.17, 15) is 19.2 Å². The van der Waals surface area contributed by atoms with Crippen LogP contribution in [0, 0.1) is 0 Å². The van der Waals surface area contributed by atoms with Gasteiger partial charge in [0.1, 0.15) is 0 Å². The van der Waals surface area contributed by atoms with Crippen molar-refractivity contribution in [2.24, 2.45) is 0 Å². The minimum Gasteiger partial charge on any atom is -0.454 e. The van der Waals surface area contributed by atoms with Crippen molar-refractivity contribution in [1.29, 1.82) is 0 Å². The summed E-state index contributed by atoms with van der Waals surface area (Å²) in [5, 5.41) is 0. The van der Waals surface area contributed by atoms with Crippen molar-refractivity contribution in [2.75, 3.05) is 26.9 Å².